The highest BCUT2D eigenvalue weighted by atomic mass is 16.5. The molecule has 39 heavy (non-hydrogen) atoms. The molecule has 1 aromatic carbocycles. The van der Waals surface area contributed by atoms with E-state index in [9.17, 15) is 14.4 Å². The molecule has 0 radical (unpaired) electrons. The highest BCUT2D eigenvalue weighted by molar-refractivity contribution is 5.90. The van der Waals surface area contributed by atoms with Crippen molar-refractivity contribution in [3.05, 3.63) is 47.7 Å². The van der Waals surface area contributed by atoms with Crippen LogP contribution in [0.1, 0.15) is 71.7 Å². The second-order valence-electron chi connectivity index (χ2n) is 11.6. The number of fused-ring (bicyclic) bond motifs is 4. The molecule has 0 unspecified atom stereocenters. The third-order valence-electron chi connectivity index (χ3n) is 7.55. The van der Waals surface area contributed by atoms with E-state index in [0.29, 0.717) is 19.4 Å². The molecule has 5 bridgehead atoms. The molecular weight excluding hydrogens is 494 g/mol. The molecule has 3 amide bonds. The smallest absolute Gasteiger partial charge is 0.258 e. The Bertz CT molecular complexity index is 1270. The maximum Gasteiger partial charge on any atom is 0.258 e. The van der Waals surface area contributed by atoms with Gasteiger partial charge in [0, 0.05) is 19.0 Å². The molecule has 4 rings (SSSR count). The van der Waals surface area contributed by atoms with Crippen molar-refractivity contribution in [3.63, 3.8) is 0 Å². The van der Waals surface area contributed by atoms with E-state index >= 15 is 0 Å². The Morgan fingerprint density at radius 1 is 1.08 bits per heavy atom. The number of carbonyl (C=O) groups excluding carboxylic acids is 3. The molecule has 0 saturated carbocycles. The summed E-state index contributed by atoms with van der Waals surface area (Å²) >= 11 is 0. The number of carbonyl (C=O) groups is 3. The first kappa shape index (κ1) is 28.7. The summed E-state index contributed by atoms with van der Waals surface area (Å²) in [5, 5.41) is 5.30. The summed E-state index contributed by atoms with van der Waals surface area (Å²) < 4.78 is 6.29. The average Bonchev–Trinajstić information content (AvgIpc) is 2.92. The van der Waals surface area contributed by atoms with Gasteiger partial charge in [-0.05, 0) is 64.2 Å². The lowest BCUT2D eigenvalue weighted by atomic mass is 10.0. The first-order valence-corrected chi connectivity index (χ1v) is 13.8. The number of amides is 3. The number of ether oxygens (including phenoxy) is 1. The summed E-state index contributed by atoms with van der Waals surface area (Å²) in [5.74, 6) is -0.866. The molecule has 0 spiro atoms. The predicted octanol–water partition coefficient (Wildman–Crippen LogP) is 3.60. The zero-order valence-electron chi connectivity index (χ0n) is 24.0. The van der Waals surface area contributed by atoms with Gasteiger partial charge in [-0.1, -0.05) is 44.2 Å². The monoisotopic (exact) mass is 535 g/mol. The lowest BCUT2D eigenvalue weighted by molar-refractivity contribution is -0.150. The summed E-state index contributed by atoms with van der Waals surface area (Å²) in [4.78, 5) is 46.6. The van der Waals surface area contributed by atoms with Crippen LogP contribution in [0.2, 0.25) is 0 Å². The van der Waals surface area contributed by atoms with Crippen molar-refractivity contribution in [3.8, 4) is 0 Å². The summed E-state index contributed by atoms with van der Waals surface area (Å²) in [6.45, 7) is 11.7. The van der Waals surface area contributed by atoms with Crippen LogP contribution in [0.25, 0.3) is 17.0 Å². The van der Waals surface area contributed by atoms with Gasteiger partial charge in [0.05, 0.1) is 22.9 Å². The predicted molar refractivity (Wildman–Crippen MR) is 151 cm³/mol. The Labute approximate surface area is 230 Å². The fraction of sp³-hybridized carbons (Fsp3) is 0.533. The molecule has 1 aromatic heterocycles. The van der Waals surface area contributed by atoms with Gasteiger partial charge < -0.3 is 15.0 Å². The van der Waals surface area contributed by atoms with E-state index in [1.54, 1.807) is 18.9 Å². The summed E-state index contributed by atoms with van der Waals surface area (Å²) in [7, 11) is 1.77. The summed E-state index contributed by atoms with van der Waals surface area (Å²) in [6.07, 6.45) is 4.42. The van der Waals surface area contributed by atoms with E-state index in [1.165, 1.54) is 5.01 Å². The second-order valence-corrected chi connectivity index (χ2v) is 11.6. The van der Waals surface area contributed by atoms with Crippen molar-refractivity contribution >= 4 is 34.7 Å². The van der Waals surface area contributed by atoms with Gasteiger partial charge in [0.25, 0.3) is 5.91 Å². The number of nitrogens with zero attached hydrogens (tertiary/aromatic N) is 3. The number of hydrogen-bond donors (Lipinski definition) is 2. The normalized spacial score (nSPS) is 26.9. The van der Waals surface area contributed by atoms with Crippen LogP contribution in [0, 0.1) is 5.92 Å². The lowest BCUT2D eigenvalue weighted by Crippen LogP contribution is -2.61. The standard InChI is InChI=1S/C30H41N5O4/c1-18(2)26-27(36)31-19(3)28(37)35-16-8-9-24(33-35)29(38)34(7)20(4)23-13-12-22-11-10-21(17-25(22)32-23)14-15-30(5,6)39-26/h10-15,17-20,24,26,33H,8-9,16H2,1-7H3,(H,31,36)/t19-,20+,24-,26-/m0/s1. The van der Waals surface area contributed by atoms with Crippen LogP contribution in [0.5, 0.6) is 0 Å². The SMILES string of the molecule is CC(C)[C@@H]1OC(C)(C)C=Cc2ccc3ccc(nc3c2)[C@@H](C)N(C)C(=O)[C@@H]2CCCN(N2)C(=O)[C@H](C)NC1=O. The molecule has 4 atom stereocenters. The van der Waals surface area contributed by atoms with Gasteiger partial charge in [-0.2, -0.15) is 0 Å². The van der Waals surface area contributed by atoms with Crippen LogP contribution in [-0.4, -0.2) is 70.0 Å². The van der Waals surface area contributed by atoms with Crippen LogP contribution < -0.4 is 10.7 Å². The summed E-state index contributed by atoms with van der Waals surface area (Å²) in [5.41, 5.74) is 4.93. The zero-order chi connectivity index (χ0) is 28.5. The molecule has 0 aliphatic carbocycles. The minimum Gasteiger partial charge on any atom is -0.358 e. The first-order valence-electron chi connectivity index (χ1n) is 13.8. The van der Waals surface area contributed by atoms with Crippen molar-refractivity contribution in [1.29, 1.82) is 0 Å². The largest absolute Gasteiger partial charge is 0.358 e. The number of hydrogen-bond acceptors (Lipinski definition) is 6. The Hall–Kier alpha value is -3.30. The van der Waals surface area contributed by atoms with Crippen LogP contribution in [0.15, 0.2) is 36.4 Å². The number of rotatable bonds is 1. The molecule has 2 aliphatic heterocycles. The van der Waals surface area contributed by atoms with Gasteiger partial charge in [0.15, 0.2) is 0 Å². The Morgan fingerprint density at radius 3 is 2.51 bits per heavy atom. The van der Waals surface area contributed by atoms with Gasteiger partial charge in [0.1, 0.15) is 18.2 Å². The fourth-order valence-electron chi connectivity index (χ4n) is 4.99. The highest BCUT2D eigenvalue weighted by Crippen LogP contribution is 2.25. The third-order valence-corrected chi connectivity index (χ3v) is 7.55. The number of benzene rings is 1. The third kappa shape index (κ3) is 6.47. The average molecular weight is 536 g/mol. The van der Waals surface area contributed by atoms with Gasteiger partial charge >= 0.3 is 0 Å². The van der Waals surface area contributed by atoms with Crippen molar-refractivity contribution in [1.82, 2.24) is 25.6 Å². The Morgan fingerprint density at radius 2 is 1.79 bits per heavy atom. The van der Waals surface area contributed by atoms with E-state index in [2.05, 4.69) is 10.7 Å². The minimum atomic E-state index is -0.789. The van der Waals surface area contributed by atoms with Gasteiger partial charge in [-0.3, -0.25) is 24.4 Å². The fourth-order valence-corrected chi connectivity index (χ4v) is 4.99. The summed E-state index contributed by atoms with van der Waals surface area (Å²) in [6, 6.07) is 8.42. The lowest BCUT2D eigenvalue weighted by Gasteiger charge is -2.37. The Kier molecular flexibility index (Phi) is 8.42. The number of likely N-dealkylation sites (N-methyl/N-ethyl adjacent to an activating group) is 1. The second kappa shape index (κ2) is 11.4. The molecule has 1 saturated heterocycles. The first-order chi connectivity index (χ1) is 18.4. The van der Waals surface area contributed by atoms with E-state index in [-0.39, 0.29) is 29.7 Å². The maximum absolute atomic E-state index is 13.5. The number of aromatic nitrogens is 1. The topological polar surface area (TPSA) is 104 Å². The van der Waals surface area contributed by atoms with Gasteiger partial charge in [-0.25, -0.2) is 5.43 Å². The number of hydrazine groups is 1. The minimum absolute atomic E-state index is 0.111. The Balaban J connectivity index is 1.74. The van der Waals surface area contributed by atoms with E-state index in [1.807, 2.05) is 77.1 Å². The molecular formula is C30H41N5O4. The van der Waals surface area contributed by atoms with E-state index in [4.69, 9.17) is 9.72 Å². The number of nitrogens with one attached hydrogen (secondary N) is 2. The quantitative estimate of drug-likeness (QED) is 0.578. The molecule has 2 aromatic rings. The number of pyridine rings is 1. The van der Waals surface area contributed by atoms with Crippen LogP contribution in [-0.2, 0) is 19.1 Å². The van der Waals surface area contributed by atoms with Crippen molar-refractivity contribution < 1.29 is 19.1 Å². The molecule has 210 valence electrons. The van der Waals surface area contributed by atoms with Crippen molar-refractivity contribution in [2.45, 2.75) is 84.2 Å². The van der Waals surface area contributed by atoms with Crippen LogP contribution in [0.3, 0.4) is 0 Å². The van der Waals surface area contributed by atoms with Gasteiger partial charge in [-0.15, -0.1) is 0 Å². The van der Waals surface area contributed by atoms with E-state index < -0.39 is 23.8 Å². The van der Waals surface area contributed by atoms with Gasteiger partial charge in [0.2, 0.25) is 11.8 Å². The molecule has 3 heterocycles. The van der Waals surface area contributed by atoms with Crippen LogP contribution >= 0.6 is 0 Å². The van der Waals surface area contributed by atoms with Crippen molar-refractivity contribution in [2.75, 3.05) is 13.6 Å². The van der Waals surface area contributed by atoms with Crippen LogP contribution in [0.4, 0.5) is 0 Å². The highest BCUT2D eigenvalue weighted by Gasteiger charge is 2.35. The molecule has 9 nitrogen and oxygen atoms in total. The molecule has 9 heteroatoms. The molecule has 2 aliphatic rings. The van der Waals surface area contributed by atoms with Crippen molar-refractivity contribution in [2.24, 2.45) is 5.92 Å². The zero-order valence-corrected chi connectivity index (χ0v) is 24.0. The maximum atomic E-state index is 13.5. The molecule has 2 N–H and O–H groups in total. The molecule has 1 fully saturated rings. The van der Waals surface area contributed by atoms with E-state index in [0.717, 1.165) is 22.2 Å².